The van der Waals surface area contributed by atoms with E-state index >= 15 is 0 Å². The molecule has 0 fully saturated rings. The van der Waals surface area contributed by atoms with Gasteiger partial charge < -0.3 is 5.73 Å². The van der Waals surface area contributed by atoms with Crippen molar-refractivity contribution >= 4 is 11.5 Å². The summed E-state index contributed by atoms with van der Waals surface area (Å²) in [7, 11) is 0. The lowest BCUT2D eigenvalue weighted by Crippen LogP contribution is -1.94. The molecule has 0 amide bonds. The molecule has 0 saturated carbocycles. The number of hydrogen-bond donors (Lipinski definition) is 1. The topological polar surface area (TPSA) is 69.6 Å². The van der Waals surface area contributed by atoms with Crippen molar-refractivity contribution in [2.75, 3.05) is 0 Å². The van der Waals surface area contributed by atoms with E-state index in [4.69, 9.17) is 5.73 Å². The smallest absolute Gasteiger partial charge is 0.229 e. The molecule has 0 aliphatic heterocycles. The first-order valence-corrected chi connectivity index (χ1v) is 4.18. The van der Waals surface area contributed by atoms with E-state index < -0.39 is 0 Å². The molecular weight excluding hydrogens is 174 g/mol. The van der Waals surface area contributed by atoms with E-state index in [9.17, 15) is 0 Å². The van der Waals surface area contributed by atoms with E-state index in [0.717, 1.165) is 10.7 Å². The zero-order chi connectivity index (χ0) is 8.39. The van der Waals surface area contributed by atoms with Crippen LogP contribution in [-0.4, -0.2) is 19.1 Å². The summed E-state index contributed by atoms with van der Waals surface area (Å²) in [6.07, 6.45) is 5.08. The number of rotatable bonds is 2. The van der Waals surface area contributed by atoms with Crippen molar-refractivity contribution in [3.8, 4) is 5.13 Å². The van der Waals surface area contributed by atoms with Crippen molar-refractivity contribution in [3.63, 3.8) is 0 Å². The van der Waals surface area contributed by atoms with Crippen molar-refractivity contribution in [2.24, 2.45) is 5.73 Å². The van der Waals surface area contributed by atoms with Crippen LogP contribution in [0.1, 0.15) is 5.56 Å². The Morgan fingerprint density at radius 3 is 3.08 bits per heavy atom. The normalized spacial score (nSPS) is 10.4. The maximum absolute atomic E-state index is 5.43. The molecule has 0 aliphatic rings. The molecule has 12 heavy (non-hydrogen) atoms. The molecule has 0 radical (unpaired) electrons. The van der Waals surface area contributed by atoms with E-state index in [2.05, 4.69) is 14.5 Å². The van der Waals surface area contributed by atoms with Crippen molar-refractivity contribution in [1.29, 1.82) is 0 Å². The quantitative estimate of drug-likeness (QED) is 0.717. The molecule has 0 bridgehead atoms. The molecule has 62 valence electrons. The first-order valence-electron chi connectivity index (χ1n) is 3.41. The number of nitrogens with two attached hydrogens (primary N) is 1. The molecule has 0 saturated heterocycles. The van der Waals surface area contributed by atoms with Gasteiger partial charge in [0.2, 0.25) is 5.13 Å². The summed E-state index contributed by atoms with van der Waals surface area (Å²) in [5.41, 5.74) is 6.42. The molecule has 0 atom stereocenters. The summed E-state index contributed by atoms with van der Waals surface area (Å²) in [5.74, 6) is 0. The highest BCUT2D eigenvalue weighted by Crippen LogP contribution is 2.07. The van der Waals surface area contributed by atoms with Gasteiger partial charge in [-0.05, 0) is 0 Å². The molecule has 6 heteroatoms. The van der Waals surface area contributed by atoms with E-state index in [1.807, 2.05) is 6.20 Å². The van der Waals surface area contributed by atoms with Gasteiger partial charge in [-0.2, -0.15) is 9.47 Å². The SMILES string of the molecule is NCc1cnn(-c2ncns2)c1. The summed E-state index contributed by atoms with van der Waals surface area (Å²) in [5, 5.41) is 4.83. The van der Waals surface area contributed by atoms with Crippen LogP contribution < -0.4 is 5.73 Å². The Morgan fingerprint density at radius 2 is 2.50 bits per heavy atom. The molecule has 5 nitrogen and oxygen atoms in total. The van der Waals surface area contributed by atoms with Crippen LogP contribution in [0.25, 0.3) is 5.13 Å². The van der Waals surface area contributed by atoms with E-state index in [1.165, 1.54) is 17.9 Å². The summed E-state index contributed by atoms with van der Waals surface area (Å²) >= 11 is 1.30. The molecule has 0 spiro atoms. The lowest BCUT2D eigenvalue weighted by molar-refractivity contribution is 0.868. The average molecular weight is 181 g/mol. The Morgan fingerprint density at radius 1 is 1.58 bits per heavy atom. The first kappa shape index (κ1) is 7.38. The highest BCUT2D eigenvalue weighted by atomic mass is 32.1. The Labute approximate surface area is 73.0 Å². The van der Waals surface area contributed by atoms with Crippen molar-refractivity contribution in [2.45, 2.75) is 6.54 Å². The van der Waals surface area contributed by atoms with Crippen molar-refractivity contribution in [1.82, 2.24) is 19.1 Å². The number of hydrogen-bond acceptors (Lipinski definition) is 5. The second kappa shape index (κ2) is 3.00. The van der Waals surface area contributed by atoms with Crippen LogP contribution in [0.3, 0.4) is 0 Å². The maximum atomic E-state index is 5.43. The third-order valence-corrected chi connectivity index (χ3v) is 2.07. The van der Waals surface area contributed by atoms with Crippen LogP contribution >= 0.6 is 11.5 Å². The van der Waals surface area contributed by atoms with E-state index in [0.29, 0.717) is 6.54 Å². The van der Waals surface area contributed by atoms with Gasteiger partial charge in [0.15, 0.2) is 0 Å². The molecule has 2 N–H and O–H groups in total. The summed E-state index contributed by atoms with van der Waals surface area (Å²) in [4.78, 5) is 4.00. The van der Waals surface area contributed by atoms with Gasteiger partial charge in [0.25, 0.3) is 0 Å². The zero-order valence-corrected chi connectivity index (χ0v) is 7.03. The van der Waals surface area contributed by atoms with Crippen LogP contribution in [0.4, 0.5) is 0 Å². The standard InChI is InChI=1S/C6H7N5S/c7-1-5-2-9-11(3-5)6-8-4-10-12-6/h2-4H,1,7H2. The van der Waals surface area contributed by atoms with Crippen molar-refractivity contribution < 1.29 is 0 Å². The third-order valence-electron chi connectivity index (χ3n) is 1.42. The van der Waals surface area contributed by atoms with Crippen molar-refractivity contribution in [3.05, 3.63) is 24.3 Å². The van der Waals surface area contributed by atoms with Crippen LogP contribution in [0.2, 0.25) is 0 Å². The first-order chi connectivity index (χ1) is 5.90. The lowest BCUT2D eigenvalue weighted by Gasteiger charge is -1.89. The molecular formula is C6H7N5S. The molecule has 0 unspecified atom stereocenters. The third kappa shape index (κ3) is 1.21. The van der Waals surface area contributed by atoms with E-state index in [-0.39, 0.29) is 0 Å². The second-order valence-electron chi connectivity index (χ2n) is 2.22. The number of aromatic nitrogens is 4. The Hall–Kier alpha value is -1.27. The molecule has 2 aromatic rings. The minimum Gasteiger partial charge on any atom is -0.326 e. The molecule has 0 aromatic carbocycles. The Kier molecular flexibility index (Phi) is 1.84. The minimum atomic E-state index is 0.499. The Balaban J connectivity index is 2.35. The number of nitrogens with zero attached hydrogens (tertiary/aromatic N) is 4. The molecule has 2 heterocycles. The molecule has 2 rings (SSSR count). The highest BCUT2D eigenvalue weighted by molar-refractivity contribution is 7.07. The van der Waals surface area contributed by atoms with Gasteiger partial charge in [-0.15, -0.1) is 0 Å². The monoisotopic (exact) mass is 181 g/mol. The fourth-order valence-corrected chi connectivity index (χ4v) is 1.30. The van der Waals surface area contributed by atoms with Gasteiger partial charge in [-0.3, -0.25) is 0 Å². The summed E-state index contributed by atoms with van der Waals surface area (Å²) in [6, 6.07) is 0. The summed E-state index contributed by atoms with van der Waals surface area (Å²) in [6.45, 7) is 0.499. The zero-order valence-electron chi connectivity index (χ0n) is 6.21. The largest absolute Gasteiger partial charge is 0.326 e. The predicted octanol–water partition coefficient (Wildman–Crippen LogP) is 0.182. The average Bonchev–Trinajstić information content (AvgIpc) is 2.75. The lowest BCUT2D eigenvalue weighted by atomic mass is 10.4. The molecule has 0 aliphatic carbocycles. The van der Waals surface area contributed by atoms with Crippen LogP contribution in [0.5, 0.6) is 0 Å². The second-order valence-corrected chi connectivity index (χ2v) is 2.98. The van der Waals surface area contributed by atoms with Gasteiger partial charge >= 0.3 is 0 Å². The van der Waals surface area contributed by atoms with Crippen LogP contribution in [0.15, 0.2) is 18.7 Å². The van der Waals surface area contributed by atoms with Gasteiger partial charge in [-0.25, -0.2) is 9.67 Å². The maximum Gasteiger partial charge on any atom is 0.229 e. The van der Waals surface area contributed by atoms with Gasteiger partial charge in [0, 0.05) is 29.8 Å². The minimum absolute atomic E-state index is 0.499. The van der Waals surface area contributed by atoms with Crippen LogP contribution in [-0.2, 0) is 6.54 Å². The highest BCUT2D eigenvalue weighted by Gasteiger charge is 2.01. The van der Waals surface area contributed by atoms with Gasteiger partial charge in [-0.1, -0.05) is 0 Å². The summed E-state index contributed by atoms with van der Waals surface area (Å²) < 4.78 is 5.54. The predicted molar refractivity (Wildman–Crippen MR) is 44.9 cm³/mol. The fraction of sp³-hybridized carbons (Fsp3) is 0.167. The van der Waals surface area contributed by atoms with Gasteiger partial charge in [0.05, 0.1) is 6.20 Å². The van der Waals surface area contributed by atoms with E-state index in [1.54, 1.807) is 10.9 Å². The Bertz CT molecular complexity index is 352. The molecule has 2 aromatic heterocycles. The fourth-order valence-electron chi connectivity index (χ4n) is 0.838. The van der Waals surface area contributed by atoms with Gasteiger partial charge in [0.1, 0.15) is 6.33 Å². The van der Waals surface area contributed by atoms with Crippen LogP contribution in [0, 0.1) is 0 Å².